The van der Waals surface area contributed by atoms with Crippen molar-refractivity contribution in [2.75, 3.05) is 0 Å². The molecule has 1 heterocycles. The molecule has 18 heavy (non-hydrogen) atoms. The maximum absolute atomic E-state index is 13.0. The van der Waals surface area contributed by atoms with Crippen LogP contribution in [-0.4, -0.2) is 17.2 Å². The summed E-state index contributed by atoms with van der Waals surface area (Å²) in [4.78, 5) is 12.9. The summed E-state index contributed by atoms with van der Waals surface area (Å²) in [6.07, 6.45) is -3.97. The molecule has 1 N–H and O–H groups in total. The number of nitrogens with zero attached hydrogens (tertiary/aromatic N) is 1. The Kier molecular flexibility index (Phi) is 3.06. The Morgan fingerprint density at radius 3 is 2.67 bits per heavy atom. The van der Waals surface area contributed by atoms with E-state index in [1.54, 1.807) is 0 Å². The van der Waals surface area contributed by atoms with E-state index in [9.17, 15) is 22.5 Å². The highest BCUT2D eigenvalue weighted by Gasteiger charge is 2.41. The normalized spacial score (nSPS) is 13.8. The summed E-state index contributed by atoms with van der Waals surface area (Å²) in [5, 5.41) is 2.41. The maximum atomic E-state index is 13.0. The second kappa shape index (κ2) is 4.40. The second-order valence-corrected chi connectivity index (χ2v) is 3.87. The van der Waals surface area contributed by atoms with Crippen LogP contribution in [-0.2, 0) is 6.42 Å². The maximum Gasteiger partial charge on any atom is 0.414 e. The molecular formula is C11H8F4N2O. The zero-order chi connectivity index (χ0) is 13.3. The van der Waals surface area contributed by atoms with Crippen LogP contribution in [0.1, 0.15) is 5.56 Å². The fourth-order valence-electron chi connectivity index (χ4n) is 1.74. The molecule has 1 unspecified atom stereocenters. The van der Waals surface area contributed by atoms with Gasteiger partial charge in [0, 0.05) is 23.5 Å². The highest BCUT2D eigenvalue weighted by molar-refractivity contribution is 5.83. The molecule has 96 valence electrons. The zero-order valence-electron chi connectivity index (χ0n) is 8.96. The van der Waals surface area contributed by atoms with Crippen LogP contribution >= 0.6 is 0 Å². The summed E-state index contributed by atoms with van der Waals surface area (Å²) in [6.45, 7) is 0. The Morgan fingerprint density at radius 2 is 2.06 bits per heavy atom. The van der Waals surface area contributed by atoms with Gasteiger partial charge in [0.05, 0.1) is 0 Å². The zero-order valence-corrected chi connectivity index (χ0v) is 8.96. The first-order chi connectivity index (χ1) is 8.41. The van der Waals surface area contributed by atoms with E-state index in [1.165, 1.54) is 18.3 Å². The van der Waals surface area contributed by atoms with Crippen LogP contribution in [0.2, 0.25) is 0 Å². The molecule has 0 aliphatic carbocycles. The molecule has 1 aromatic carbocycles. The molecule has 7 heteroatoms. The van der Waals surface area contributed by atoms with Crippen LogP contribution in [0, 0.1) is 10.7 Å². The topological polar surface area (TPSA) is 45.2 Å². The van der Waals surface area contributed by atoms with Crippen LogP contribution in [0.15, 0.2) is 29.6 Å². The number of H-pyrrole nitrogens is 1. The number of hydrogen-bond acceptors (Lipinski definition) is 2. The van der Waals surface area contributed by atoms with Gasteiger partial charge in [-0.1, -0.05) is 5.18 Å². The van der Waals surface area contributed by atoms with Gasteiger partial charge in [-0.3, -0.25) is 0 Å². The van der Waals surface area contributed by atoms with Crippen LogP contribution in [0.3, 0.4) is 0 Å². The van der Waals surface area contributed by atoms with Crippen LogP contribution < -0.4 is 0 Å². The van der Waals surface area contributed by atoms with Gasteiger partial charge in [0.1, 0.15) is 5.82 Å². The van der Waals surface area contributed by atoms with E-state index in [-0.39, 0.29) is 5.56 Å². The molecule has 2 rings (SSSR count). The van der Waals surface area contributed by atoms with Gasteiger partial charge in [-0.05, 0) is 23.8 Å². The number of nitroso groups, excluding NO2 is 1. The summed E-state index contributed by atoms with van der Waals surface area (Å²) < 4.78 is 50.3. The highest BCUT2D eigenvalue weighted by atomic mass is 19.4. The van der Waals surface area contributed by atoms with Gasteiger partial charge in [0.15, 0.2) is 6.04 Å². The van der Waals surface area contributed by atoms with Crippen molar-refractivity contribution in [1.82, 2.24) is 4.98 Å². The molecule has 0 aliphatic heterocycles. The number of hydrogen-bond donors (Lipinski definition) is 1. The lowest BCUT2D eigenvalue weighted by atomic mass is 10.1. The predicted octanol–water partition coefficient (Wildman–Crippen LogP) is 3.55. The lowest BCUT2D eigenvalue weighted by Crippen LogP contribution is -2.28. The highest BCUT2D eigenvalue weighted by Crippen LogP contribution is 2.28. The summed E-state index contributed by atoms with van der Waals surface area (Å²) in [5.74, 6) is -0.550. The summed E-state index contributed by atoms with van der Waals surface area (Å²) in [6, 6.07) is 1.42. The molecule has 1 aromatic heterocycles. The van der Waals surface area contributed by atoms with Gasteiger partial charge >= 0.3 is 6.18 Å². The second-order valence-electron chi connectivity index (χ2n) is 3.87. The summed E-state index contributed by atoms with van der Waals surface area (Å²) in [7, 11) is 0. The lowest BCUT2D eigenvalue weighted by Gasteiger charge is -2.12. The minimum Gasteiger partial charge on any atom is -0.361 e. The third-order valence-electron chi connectivity index (χ3n) is 2.65. The van der Waals surface area contributed by atoms with Crippen molar-refractivity contribution in [2.24, 2.45) is 5.18 Å². The minimum atomic E-state index is -4.70. The monoisotopic (exact) mass is 260 g/mol. The van der Waals surface area contributed by atoms with E-state index in [0.717, 1.165) is 6.07 Å². The van der Waals surface area contributed by atoms with Gasteiger partial charge < -0.3 is 4.98 Å². The largest absolute Gasteiger partial charge is 0.414 e. The first kappa shape index (κ1) is 12.5. The van der Waals surface area contributed by atoms with Crippen LogP contribution in [0.4, 0.5) is 17.6 Å². The number of aromatic amines is 1. The Balaban J connectivity index is 2.37. The molecule has 0 radical (unpaired) electrons. The van der Waals surface area contributed by atoms with Crippen LogP contribution in [0.5, 0.6) is 0 Å². The quantitative estimate of drug-likeness (QED) is 0.665. The Bertz CT molecular complexity index is 576. The Labute approximate surface area is 98.8 Å². The molecule has 0 saturated heterocycles. The van der Waals surface area contributed by atoms with Crippen molar-refractivity contribution >= 4 is 10.9 Å². The molecule has 2 aromatic rings. The first-order valence-electron chi connectivity index (χ1n) is 5.06. The third-order valence-corrected chi connectivity index (χ3v) is 2.65. The number of benzene rings is 1. The van der Waals surface area contributed by atoms with E-state index in [4.69, 9.17) is 0 Å². The molecular weight excluding hydrogens is 252 g/mol. The summed E-state index contributed by atoms with van der Waals surface area (Å²) >= 11 is 0. The molecule has 1 atom stereocenters. The van der Waals surface area contributed by atoms with Gasteiger partial charge in [-0.25, -0.2) is 4.39 Å². The third kappa shape index (κ3) is 2.34. The van der Waals surface area contributed by atoms with E-state index in [0.29, 0.717) is 10.9 Å². The van der Waals surface area contributed by atoms with Crippen LogP contribution in [0.25, 0.3) is 10.9 Å². The number of rotatable bonds is 3. The van der Waals surface area contributed by atoms with E-state index >= 15 is 0 Å². The number of alkyl halides is 3. The van der Waals surface area contributed by atoms with E-state index in [1.807, 2.05) is 0 Å². The molecule has 0 saturated carbocycles. The Morgan fingerprint density at radius 1 is 1.33 bits per heavy atom. The molecule has 0 spiro atoms. The van der Waals surface area contributed by atoms with Crippen molar-refractivity contribution < 1.29 is 17.6 Å². The minimum absolute atomic E-state index is 0.214. The average molecular weight is 260 g/mol. The van der Waals surface area contributed by atoms with Crippen molar-refractivity contribution in [3.63, 3.8) is 0 Å². The number of halogens is 4. The van der Waals surface area contributed by atoms with Crippen molar-refractivity contribution in [2.45, 2.75) is 18.6 Å². The lowest BCUT2D eigenvalue weighted by molar-refractivity contribution is -0.146. The molecule has 0 amide bonds. The van der Waals surface area contributed by atoms with E-state index < -0.39 is 24.5 Å². The fraction of sp³-hybridized carbons (Fsp3) is 0.273. The standard InChI is InChI=1S/C11H8F4N2O/c12-7-1-2-9-8(4-7)6(5-16-9)3-10(17-18)11(13,14)15/h1-2,4-5,10,16H,3H2. The van der Waals surface area contributed by atoms with Crippen molar-refractivity contribution in [3.8, 4) is 0 Å². The Hall–Kier alpha value is -1.92. The fourth-order valence-corrected chi connectivity index (χ4v) is 1.74. The SMILES string of the molecule is O=NC(Cc1c[nH]c2ccc(F)cc12)C(F)(F)F. The van der Waals surface area contributed by atoms with Crippen molar-refractivity contribution in [3.05, 3.63) is 40.7 Å². The molecule has 3 nitrogen and oxygen atoms in total. The first-order valence-corrected chi connectivity index (χ1v) is 5.06. The molecule has 0 fully saturated rings. The van der Waals surface area contributed by atoms with Gasteiger partial charge in [0.2, 0.25) is 0 Å². The van der Waals surface area contributed by atoms with Gasteiger partial charge in [0.25, 0.3) is 0 Å². The number of aromatic nitrogens is 1. The number of nitrogens with one attached hydrogen (secondary N) is 1. The number of fused-ring (bicyclic) bond motifs is 1. The molecule has 0 bridgehead atoms. The predicted molar refractivity (Wildman–Crippen MR) is 57.6 cm³/mol. The van der Waals surface area contributed by atoms with E-state index in [2.05, 4.69) is 10.2 Å². The average Bonchev–Trinajstić information content (AvgIpc) is 2.66. The summed E-state index contributed by atoms with van der Waals surface area (Å²) in [5.41, 5.74) is 0.727. The smallest absolute Gasteiger partial charge is 0.361 e. The van der Waals surface area contributed by atoms with Gasteiger partial charge in [-0.15, -0.1) is 0 Å². The van der Waals surface area contributed by atoms with Gasteiger partial charge in [-0.2, -0.15) is 18.1 Å². The van der Waals surface area contributed by atoms with Crippen molar-refractivity contribution in [1.29, 1.82) is 0 Å². The molecule has 0 aliphatic rings.